The normalized spacial score (nSPS) is 14.8. The maximum atomic E-state index is 12.6. The summed E-state index contributed by atoms with van der Waals surface area (Å²) in [6.45, 7) is 4.87. The number of amides is 1. The fourth-order valence-electron chi connectivity index (χ4n) is 2.95. The van der Waals surface area contributed by atoms with Crippen LogP contribution in [0.3, 0.4) is 0 Å². The molecule has 0 saturated carbocycles. The lowest BCUT2D eigenvalue weighted by Crippen LogP contribution is -2.35. The zero-order valence-corrected chi connectivity index (χ0v) is 13.6. The fraction of sp³-hybridized carbons (Fsp3) is 0.333. The molecule has 0 atom stereocenters. The number of rotatable bonds is 2. The summed E-state index contributed by atoms with van der Waals surface area (Å²) in [6.07, 6.45) is 4.17. The molecule has 1 saturated heterocycles. The zero-order chi connectivity index (χ0) is 16.9. The molecule has 0 spiro atoms. The Morgan fingerprint density at radius 2 is 1.96 bits per heavy atom. The highest BCUT2D eigenvalue weighted by molar-refractivity contribution is 5.94. The first kappa shape index (κ1) is 15.9. The number of aromatic nitrogens is 2. The molecule has 1 aliphatic heterocycles. The van der Waals surface area contributed by atoms with E-state index >= 15 is 0 Å². The number of anilines is 1. The van der Waals surface area contributed by atoms with Crippen molar-refractivity contribution >= 4 is 11.6 Å². The van der Waals surface area contributed by atoms with Gasteiger partial charge >= 0.3 is 0 Å². The van der Waals surface area contributed by atoms with Gasteiger partial charge in [-0.25, -0.2) is 4.98 Å². The Bertz CT molecular complexity index is 769. The van der Waals surface area contributed by atoms with Crippen LogP contribution in [0.1, 0.15) is 28.2 Å². The van der Waals surface area contributed by atoms with Crippen molar-refractivity contribution in [2.75, 3.05) is 31.1 Å². The molecule has 3 heterocycles. The van der Waals surface area contributed by atoms with E-state index in [2.05, 4.69) is 20.9 Å². The van der Waals surface area contributed by atoms with Gasteiger partial charge in [-0.15, -0.1) is 0 Å². The summed E-state index contributed by atoms with van der Waals surface area (Å²) < 4.78 is 0. The molecule has 1 amide bonds. The first-order valence-corrected chi connectivity index (χ1v) is 8.00. The van der Waals surface area contributed by atoms with Crippen LogP contribution >= 0.6 is 0 Å². The van der Waals surface area contributed by atoms with Crippen molar-refractivity contribution in [2.45, 2.75) is 13.3 Å². The van der Waals surface area contributed by atoms with Crippen molar-refractivity contribution in [3.63, 3.8) is 0 Å². The Morgan fingerprint density at radius 1 is 1.17 bits per heavy atom. The van der Waals surface area contributed by atoms with E-state index in [4.69, 9.17) is 5.26 Å². The quantitative estimate of drug-likeness (QED) is 0.846. The highest BCUT2D eigenvalue weighted by atomic mass is 16.2. The van der Waals surface area contributed by atoms with Gasteiger partial charge in [0.1, 0.15) is 11.8 Å². The van der Waals surface area contributed by atoms with E-state index in [9.17, 15) is 4.79 Å². The number of nitrogens with zero attached hydrogens (tertiary/aromatic N) is 5. The third-order valence-electron chi connectivity index (χ3n) is 4.13. The second-order valence-electron chi connectivity index (χ2n) is 5.83. The molecule has 6 heteroatoms. The summed E-state index contributed by atoms with van der Waals surface area (Å²) in [5.41, 5.74) is 2.93. The zero-order valence-electron chi connectivity index (χ0n) is 13.6. The van der Waals surface area contributed by atoms with E-state index in [1.165, 1.54) is 0 Å². The molecule has 2 aromatic rings. The van der Waals surface area contributed by atoms with Crippen LogP contribution in [0.25, 0.3) is 0 Å². The average molecular weight is 321 g/mol. The molecule has 0 aliphatic carbocycles. The Kier molecular flexibility index (Phi) is 4.71. The third-order valence-corrected chi connectivity index (χ3v) is 4.13. The summed E-state index contributed by atoms with van der Waals surface area (Å²) in [7, 11) is 0. The number of carbonyl (C=O) groups excluding carboxylic acids is 1. The number of carbonyl (C=O) groups is 1. The van der Waals surface area contributed by atoms with E-state index < -0.39 is 0 Å². The van der Waals surface area contributed by atoms with Crippen molar-refractivity contribution in [2.24, 2.45) is 0 Å². The minimum Gasteiger partial charge on any atom is -0.370 e. The fourth-order valence-corrected chi connectivity index (χ4v) is 2.95. The standard InChI is InChI=1S/C18H19N5O/c1-14-11-17(12-16(13-19)21-14)22-7-2-8-23(10-9-22)18(24)15-3-5-20-6-4-15/h3-6,11-12H,2,7-10H2,1H3. The number of hydrogen-bond donors (Lipinski definition) is 0. The largest absolute Gasteiger partial charge is 0.370 e. The lowest BCUT2D eigenvalue weighted by Gasteiger charge is -2.24. The second-order valence-corrected chi connectivity index (χ2v) is 5.83. The minimum atomic E-state index is 0.0443. The summed E-state index contributed by atoms with van der Waals surface area (Å²) in [5, 5.41) is 9.09. The summed E-state index contributed by atoms with van der Waals surface area (Å²) in [6, 6.07) is 9.40. The predicted molar refractivity (Wildman–Crippen MR) is 90.7 cm³/mol. The SMILES string of the molecule is Cc1cc(N2CCCN(C(=O)c3ccncc3)CC2)cc(C#N)n1. The van der Waals surface area contributed by atoms with Crippen molar-refractivity contribution in [3.8, 4) is 6.07 Å². The van der Waals surface area contributed by atoms with Crippen LogP contribution in [0.5, 0.6) is 0 Å². The summed E-state index contributed by atoms with van der Waals surface area (Å²) in [4.78, 5) is 24.8. The maximum absolute atomic E-state index is 12.6. The van der Waals surface area contributed by atoms with Crippen molar-refractivity contribution in [1.29, 1.82) is 5.26 Å². The molecular weight excluding hydrogens is 302 g/mol. The van der Waals surface area contributed by atoms with Gasteiger partial charge in [0.2, 0.25) is 0 Å². The monoisotopic (exact) mass is 321 g/mol. The van der Waals surface area contributed by atoms with Gasteiger partial charge in [0.15, 0.2) is 0 Å². The van der Waals surface area contributed by atoms with Crippen LogP contribution < -0.4 is 4.90 Å². The predicted octanol–water partition coefficient (Wildman–Crippen LogP) is 2.01. The minimum absolute atomic E-state index is 0.0443. The Hall–Kier alpha value is -2.94. The molecule has 0 N–H and O–H groups in total. The van der Waals surface area contributed by atoms with Gasteiger partial charge in [0.25, 0.3) is 5.91 Å². The number of pyridine rings is 2. The summed E-state index contributed by atoms with van der Waals surface area (Å²) >= 11 is 0. The molecule has 6 nitrogen and oxygen atoms in total. The maximum Gasteiger partial charge on any atom is 0.254 e. The number of nitriles is 1. The van der Waals surface area contributed by atoms with Gasteiger partial charge in [0, 0.05) is 55.5 Å². The Balaban J connectivity index is 1.73. The molecule has 122 valence electrons. The van der Waals surface area contributed by atoms with Crippen LogP contribution in [0.15, 0.2) is 36.7 Å². The molecule has 2 aromatic heterocycles. The molecule has 1 fully saturated rings. The van der Waals surface area contributed by atoms with Gasteiger partial charge in [-0.05, 0) is 37.6 Å². The van der Waals surface area contributed by atoms with Crippen molar-refractivity contribution in [1.82, 2.24) is 14.9 Å². The highest BCUT2D eigenvalue weighted by Crippen LogP contribution is 2.19. The number of aryl methyl sites for hydroxylation is 1. The summed E-state index contributed by atoms with van der Waals surface area (Å²) in [5.74, 6) is 0.0443. The van der Waals surface area contributed by atoms with Crippen LogP contribution in [-0.2, 0) is 0 Å². The highest BCUT2D eigenvalue weighted by Gasteiger charge is 2.20. The molecule has 3 rings (SSSR count). The van der Waals surface area contributed by atoms with E-state index in [-0.39, 0.29) is 5.91 Å². The van der Waals surface area contributed by atoms with Crippen molar-refractivity contribution in [3.05, 3.63) is 53.6 Å². The van der Waals surface area contributed by atoms with Crippen molar-refractivity contribution < 1.29 is 4.79 Å². The molecule has 0 aromatic carbocycles. The molecule has 24 heavy (non-hydrogen) atoms. The van der Waals surface area contributed by atoms with Gasteiger partial charge in [-0.3, -0.25) is 9.78 Å². The first-order chi connectivity index (χ1) is 11.7. The van der Waals surface area contributed by atoms with Crippen LogP contribution in [0.2, 0.25) is 0 Å². The molecule has 0 radical (unpaired) electrons. The van der Waals surface area contributed by atoms with E-state index in [0.29, 0.717) is 17.8 Å². The Labute approximate surface area is 141 Å². The van der Waals surface area contributed by atoms with Crippen LogP contribution in [0, 0.1) is 18.3 Å². The van der Waals surface area contributed by atoms with Gasteiger partial charge in [-0.2, -0.15) is 5.26 Å². The van der Waals surface area contributed by atoms with E-state index in [1.54, 1.807) is 24.5 Å². The molecule has 0 bridgehead atoms. The molecular formula is C18H19N5O. The third kappa shape index (κ3) is 3.51. The first-order valence-electron chi connectivity index (χ1n) is 8.00. The van der Waals surface area contributed by atoms with E-state index in [1.807, 2.05) is 24.0 Å². The lowest BCUT2D eigenvalue weighted by atomic mass is 10.2. The van der Waals surface area contributed by atoms with Crippen LogP contribution in [0.4, 0.5) is 5.69 Å². The molecule has 1 aliphatic rings. The van der Waals surface area contributed by atoms with Gasteiger partial charge in [0.05, 0.1) is 0 Å². The topological polar surface area (TPSA) is 73.1 Å². The Morgan fingerprint density at radius 3 is 2.71 bits per heavy atom. The van der Waals surface area contributed by atoms with E-state index in [0.717, 1.165) is 37.4 Å². The average Bonchev–Trinajstić information content (AvgIpc) is 2.87. The lowest BCUT2D eigenvalue weighted by molar-refractivity contribution is 0.0767. The molecule has 0 unspecified atom stereocenters. The number of hydrogen-bond acceptors (Lipinski definition) is 5. The smallest absolute Gasteiger partial charge is 0.254 e. The van der Waals surface area contributed by atoms with Gasteiger partial charge < -0.3 is 9.80 Å². The second kappa shape index (κ2) is 7.09. The van der Waals surface area contributed by atoms with Gasteiger partial charge in [-0.1, -0.05) is 0 Å². The van der Waals surface area contributed by atoms with Crippen LogP contribution in [-0.4, -0.2) is 47.0 Å².